The van der Waals surface area contributed by atoms with E-state index in [4.69, 9.17) is 22.1 Å². The van der Waals surface area contributed by atoms with E-state index in [0.29, 0.717) is 17.2 Å². The lowest BCUT2D eigenvalue weighted by Gasteiger charge is -2.13. The lowest BCUT2D eigenvalue weighted by molar-refractivity contribution is 0.456. The van der Waals surface area contributed by atoms with E-state index in [1.807, 2.05) is 6.92 Å². The van der Waals surface area contributed by atoms with Crippen LogP contribution >= 0.6 is 11.6 Å². The van der Waals surface area contributed by atoms with E-state index in [2.05, 4.69) is 0 Å². The van der Waals surface area contributed by atoms with Crippen LogP contribution in [-0.2, 0) is 6.42 Å². The van der Waals surface area contributed by atoms with Crippen molar-refractivity contribution in [3.63, 3.8) is 0 Å². The lowest BCUT2D eigenvalue weighted by Crippen LogP contribution is -2.18. The topological polar surface area (TPSA) is 35.2 Å². The van der Waals surface area contributed by atoms with Gasteiger partial charge in [0, 0.05) is 17.1 Å². The third-order valence-corrected chi connectivity index (χ3v) is 2.93. The Morgan fingerprint density at radius 1 is 1.15 bits per heavy atom. The minimum Gasteiger partial charge on any atom is -0.457 e. The van der Waals surface area contributed by atoms with Gasteiger partial charge in [-0.2, -0.15) is 0 Å². The lowest BCUT2D eigenvalue weighted by atomic mass is 10.1. The summed E-state index contributed by atoms with van der Waals surface area (Å²) in [5.74, 6) is -1.18. The van der Waals surface area contributed by atoms with Gasteiger partial charge in [0.25, 0.3) is 0 Å². The molecule has 0 amide bonds. The summed E-state index contributed by atoms with van der Waals surface area (Å²) in [5, 5.41) is 0.496. The van der Waals surface area contributed by atoms with E-state index in [1.54, 1.807) is 18.2 Å². The van der Waals surface area contributed by atoms with E-state index in [9.17, 15) is 8.78 Å². The van der Waals surface area contributed by atoms with Crippen molar-refractivity contribution >= 4 is 11.6 Å². The number of hydrogen-bond acceptors (Lipinski definition) is 2. The molecular formula is C15H14ClF2NO. The molecular weight excluding hydrogens is 284 g/mol. The number of hydrogen-bond donors (Lipinski definition) is 1. The van der Waals surface area contributed by atoms with Gasteiger partial charge < -0.3 is 10.5 Å². The molecule has 0 radical (unpaired) electrons. The minimum absolute atomic E-state index is 0.0523. The van der Waals surface area contributed by atoms with Crippen molar-refractivity contribution in [1.29, 1.82) is 0 Å². The average Bonchev–Trinajstić information content (AvgIpc) is 2.37. The smallest absolute Gasteiger partial charge is 0.162 e. The van der Waals surface area contributed by atoms with E-state index < -0.39 is 11.6 Å². The first kappa shape index (κ1) is 14.8. The summed E-state index contributed by atoms with van der Waals surface area (Å²) in [6, 6.07) is 8.48. The molecule has 0 saturated heterocycles. The molecule has 106 valence electrons. The molecule has 0 fully saturated rings. The van der Waals surface area contributed by atoms with Gasteiger partial charge in [-0.1, -0.05) is 17.7 Å². The van der Waals surface area contributed by atoms with E-state index in [-0.39, 0.29) is 11.8 Å². The number of ether oxygens (including phenoxy) is 1. The quantitative estimate of drug-likeness (QED) is 0.913. The van der Waals surface area contributed by atoms with Gasteiger partial charge >= 0.3 is 0 Å². The molecule has 2 nitrogen and oxygen atoms in total. The maximum Gasteiger partial charge on any atom is 0.162 e. The Labute approximate surface area is 121 Å². The highest BCUT2D eigenvalue weighted by molar-refractivity contribution is 6.30. The van der Waals surface area contributed by atoms with Crippen molar-refractivity contribution < 1.29 is 13.5 Å². The molecule has 0 aliphatic heterocycles. The Bertz CT molecular complexity index is 617. The fourth-order valence-corrected chi connectivity index (χ4v) is 1.97. The van der Waals surface area contributed by atoms with Gasteiger partial charge in [-0.25, -0.2) is 8.78 Å². The van der Waals surface area contributed by atoms with Crippen molar-refractivity contribution in [3.8, 4) is 11.5 Å². The van der Waals surface area contributed by atoms with Gasteiger partial charge in [-0.05, 0) is 43.2 Å². The van der Waals surface area contributed by atoms with Crippen molar-refractivity contribution in [2.75, 3.05) is 0 Å². The van der Waals surface area contributed by atoms with E-state index >= 15 is 0 Å². The Kier molecular flexibility index (Phi) is 4.57. The number of benzene rings is 2. The van der Waals surface area contributed by atoms with Crippen LogP contribution in [0, 0.1) is 11.6 Å². The summed E-state index contributed by atoms with van der Waals surface area (Å²) in [6.45, 7) is 1.87. The third-order valence-electron chi connectivity index (χ3n) is 2.69. The van der Waals surface area contributed by atoms with Crippen LogP contribution < -0.4 is 10.5 Å². The van der Waals surface area contributed by atoms with Crippen molar-refractivity contribution in [1.82, 2.24) is 0 Å². The van der Waals surface area contributed by atoms with Gasteiger partial charge in [-0.15, -0.1) is 0 Å². The molecule has 0 saturated carbocycles. The Balaban J connectivity index is 2.31. The number of rotatable bonds is 4. The van der Waals surface area contributed by atoms with Crippen LogP contribution in [0.5, 0.6) is 11.5 Å². The summed E-state index contributed by atoms with van der Waals surface area (Å²) in [7, 11) is 0. The van der Waals surface area contributed by atoms with Gasteiger partial charge in [-0.3, -0.25) is 0 Å². The van der Waals surface area contributed by atoms with Gasteiger partial charge in [0.15, 0.2) is 11.6 Å². The highest BCUT2D eigenvalue weighted by Crippen LogP contribution is 2.30. The van der Waals surface area contributed by atoms with Crippen LogP contribution in [-0.4, -0.2) is 6.04 Å². The first-order chi connectivity index (χ1) is 9.45. The molecule has 0 aliphatic carbocycles. The van der Waals surface area contributed by atoms with Crippen LogP contribution in [0.25, 0.3) is 0 Å². The second-order valence-corrected chi connectivity index (χ2v) is 5.05. The molecule has 0 spiro atoms. The summed E-state index contributed by atoms with van der Waals surface area (Å²) < 4.78 is 31.6. The van der Waals surface area contributed by atoms with E-state index in [1.165, 1.54) is 6.07 Å². The highest BCUT2D eigenvalue weighted by Gasteiger charge is 2.10. The molecule has 2 aromatic rings. The Morgan fingerprint density at radius 3 is 2.55 bits per heavy atom. The van der Waals surface area contributed by atoms with Crippen LogP contribution in [0.4, 0.5) is 8.78 Å². The monoisotopic (exact) mass is 297 g/mol. The molecule has 2 aromatic carbocycles. The second kappa shape index (κ2) is 6.20. The van der Waals surface area contributed by atoms with Crippen LogP contribution in [0.15, 0.2) is 36.4 Å². The number of halogens is 3. The molecule has 0 aliphatic rings. The van der Waals surface area contributed by atoms with E-state index in [0.717, 1.165) is 17.7 Å². The molecule has 1 atom stereocenters. The molecule has 2 N–H and O–H groups in total. The largest absolute Gasteiger partial charge is 0.457 e. The molecule has 2 rings (SSSR count). The minimum atomic E-state index is -0.960. The molecule has 0 heterocycles. The molecule has 0 aromatic heterocycles. The number of nitrogens with two attached hydrogens (primary N) is 1. The third kappa shape index (κ3) is 3.68. The fourth-order valence-electron chi connectivity index (χ4n) is 1.81. The van der Waals surface area contributed by atoms with Crippen LogP contribution in [0.3, 0.4) is 0 Å². The van der Waals surface area contributed by atoms with Crippen LogP contribution in [0.2, 0.25) is 5.02 Å². The zero-order chi connectivity index (χ0) is 14.7. The van der Waals surface area contributed by atoms with Gasteiger partial charge in [0.05, 0.1) is 0 Å². The predicted molar refractivity (Wildman–Crippen MR) is 75.2 cm³/mol. The molecule has 20 heavy (non-hydrogen) atoms. The summed E-state index contributed by atoms with van der Waals surface area (Å²) >= 11 is 5.93. The van der Waals surface area contributed by atoms with Gasteiger partial charge in [0.2, 0.25) is 0 Å². The highest BCUT2D eigenvalue weighted by atomic mass is 35.5. The van der Waals surface area contributed by atoms with Crippen molar-refractivity contribution in [2.24, 2.45) is 5.73 Å². The predicted octanol–water partition coefficient (Wildman–Crippen LogP) is 4.30. The fraction of sp³-hybridized carbons (Fsp3) is 0.200. The summed E-state index contributed by atoms with van der Waals surface area (Å²) in [6.07, 6.45) is 0.593. The maximum absolute atomic E-state index is 13.2. The first-order valence-electron chi connectivity index (χ1n) is 6.12. The first-order valence-corrected chi connectivity index (χ1v) is 6.50. The normalized spacial score (nSPS) is 12.2. The SMILES string of the molecule is CC(N)Cc1ccc(Cl)cc1Oc1ccc(F)c(F)c1. The zero-order valence-electron chi connectivity index (χ0n) is 10.9. The maximum atomic E-state index is 13.2. The zero-order valence-corrected chi connectivity index (χ0v) is 11.6. The van der Waals surface area contributed by atoms with Gasteiger partial charge in [0.1, 0.15) is 11.5 Å². The van der Waals surface area contributed by atoms with Crippen LogP contribution in [0.1, 0.15) is 12.5 Å². The second-order valence-electron chi connectivity index (χ2n) is 4.61. The Hall–Kier alpha value is -1.65. The van der Waals surface area contributed by atoms with Crippen molar-refractivity contribution in [2.45, 2.75) is 19.4 Å². The Morgan fingerprint density at radius 2 is 1.90 bits per heavy atom. The van der Waals surface area contributed by atoms with Crippen molar-refractivity contribution in [3.05, 3.63) is 58.6 Å². The average molecular weight is 298 g/mol. The molecule has 0 bridgehead atoms. The summed E-state index contributed by atoms with van der Waals surface area (Å²) in [4.78, 5) is 0. The summed E-state index contributed by atoms with van der Waals surface area (Å²) in [5.41, 5.74) is 6.63. The standard InChI is InChI=1S/C15H14ClF2NO/c1-9(19)6-10-2-3-11(16)7-15(10)20-12-4-5-13(17)14(18)8-12/h2-5,7-9H,6,19H2,1H3. The molecule has 5 heteroatoms. The molecule has 1 unspecified atom stereocenters.